The monoisotopic (exact) mass is 769 g/mol. The molecule has 0 fully saturated rings. The van der Waals surface area contributed by atoms with Gasteiger partial charge in [-0.3, -0.25) is 0 Å². The maximum atomic E-state index is 5.41. The van der Waals surface area contributed by atoms with Gasteiger partial charge in [0.05, 0.1) is 26.9 Å². The zero-order chi connectivity index (χ0) is 38.2. The molecule has 0 saturated heterocycles. The maximum Gasteiger partial charge on any atom is 0.160 e. The van der Waals surface area contributed by atoms with Crippen molar-refractivity contribution < 1.29 is 0 Å². The first-order valence-electron chi connectivity index (χ1n) is 19.9. The minimum absolute atomic E-state index is 0.104. The zero-order valence-electron chi connectivity index (χ0n) is 32.4. The highest BCUT2D eigenvalue weighted by Gasteiger charge is 2.38. The number of benzene rings is 7. The van der Waals surface area contributed by atoms with Crippen LogP contribution >= 0.6 is 22.7 Å². The average Bonchev–Trinajstić information content (AvgIpc) is 3.91. The highest BCUT2D eigenvalue weighted by molar-refractivity contribution is 7.26. The third kappa shape index (κ3) is 4.89. The van der Waals surface area contributed by atoms with E-state index in [2.05, 4.69) is 172 Å². The molecule has 1 aliphatic carbocycles. The van der Waals surface area contributed by atoms with E-state index in [1.54, 1.807) is 11.3 Å². The smallest absolute Gasteiger partial charge is 0.160 e. The summed E-state index contributed by atoms with van der Waals surface area (Å²) in [6, 6.07) is 51.6. The molecule has 274 valence electrons. The molecule has 0 unspecified atom stereocenters. The number of aromatic nitrogens is 3. The van der Waals surface area contributed by atoms with Crippen molar-refractivity contribution in [1.29, 1.82) is 0 Å². The molecule has 4 heterocycles. The summed E-state index contributed by atoms with van der Waals surface area (Å²) in [7, 11) is 0. The Morgan fingerprint density at radius 1 is 0.509 bits per heavy atom. The average molecular weight is 770 g/mol. The number of hydrogen-bond donors (Lipinski definition) is 0. The quantitative estimate of drug-likeness (QED) is 0.179. The molecule has 0 N–H and O–H groups in total. The lowest BCUT2D eigenvalue weighted by atomic mass is 9.63. The molecule has 4 aromatic heterocycles. The van der Waals surface area contributed by atoms with Crippen molar-refractivity contribution >= 4 is 95.7 Å². The van der Waals surface area contributed by atoms with Gasteiger partial charge in [-0.15, -0.1) is 22.7 Å². The number of rotatable bonds is 3. The topological polar surface area (TPSA) is 30.7 Å². The fourth-order valence-electron chi connectivity index (χ4n) is 9.67. The van der Waals surface area contributed by atoms with Crippen molar-refractivity contribution in [3.05, 3.63) is 151 Å². The first-order chi connectivity index (χ1) is 27.7. The van der Waals surface area contributed by atoms with Gasteiger partial charge in [0.15, 0.2) is 5.82 Å². The molecule has 7 aromatic carbocycles. The summed E-state index contributed by atoms with van der Waals surface area (Å²) in [6.07, 6.45) is 2.37. The molecule has 0 saturated carbocycles. The van der Waals surface area contributed by atoms with Crippen molar-refractivity contribution in [2.75, 3.05) is 0 Å². The molecule has 0 bridgehead atoms. The third-order valence-corrected chi connectivity index (χ3v) is 15.2. The number of thiophene rings is 2. The van der Waals surface area contributed by atoms with Crippen LogP contribution < -0.4 is 0 Å². The molecule has 0 amide bonds. The summed E-state index contributed by atoms with van der Waals surface area (Å²) in [4.78, 5) is 10.7. The largest absolute Gasteiger partial charge is 0.309 e. The zero-order valence-corrected chi connectivity index (χ0v) is 34.0. The van der Waals surface area contributed by atoms with E-state index in [1.165, 1.54) is 86.8 Å². The molecule has 57 heavy (non-hydrogen) atoms. The van der Waals surface area contributed by atoms with E-state index in [0.717, 1.165) is 38.5 Å². The third-order valence-electron chi connectivity index (χ3n) is 12.9. The number of fused-ring (bicyclic) bond motifs is 12. The van der Waals surface area contributed by atoms with Crippen LogP contribution in [-0.2, 0) is 10.8 Å². The fraction of sp³-hybridized carbons (Fsp3) is 0.154. The first kappa shape index (κ1) is 33.3. The fourth-order valence-corrected chi connectivity index (χ4v) is 11.9. The first-order valence-corrected chi connectivity index (χ1v) is 21.6. The predicted octanol–water partition coefficient (Wildman–Crippen LogP) is 15.1. The molecule has 0 radical (unpaired) electrons. The van der Waals surface area contributed by atoms with Crippen molar-refractivity contribution in [2.45, 2.75) is 51.4 Å². The predicted molar refractivity (Wildman–Crippen MR) is 246 cm³/mol. The molecule has 0 spiro atoms. The Labute approximate surface area is 338 Å². The molecule has 3 nitrogen and oxygen atoms in total. The van der Waals surface area contributed by atoms with Gasteiger partial charge < -0.3 is 4.57 Å². The summed E-state index contributed by atoms with van der Waals surface area (Å²) >= 11 is 3.63. The number of hydrogen-bond acceptors (Lipinski definition) is 4. The van der Waals surface area contributed by atoms with Gasteiger partial charge in [0.25, 0.3) is 0 Å². The van der Waals surface area contributed by atoms with Crippen LogP contribution in [0.15, 0.2) is 140 Å². The second kappa shape index (κ2) is 11.8. The van der Waals surface area contributed by atoms with Crippen LogP contribution in [0.5, 0.6) is 0 Å². The van der Waals surface area contributed by atoms with E-state index in [4.69, 9.17) is 9.97 Å². The van der Waals surface area contributed by atoms with Crippen LogP contribution in [-0.4, -0.2) is 14.5 Å². The summed E-state index contributed by atoms with van der Waals surface area (Å²) < 4.78 is 7.45. The van der Waals surface area contributed by atoms with Crippen LogP contribution in [0.2, 0.25) is 0 Å². The van der Waals surface area contributed by atoms with Crippen LogP contribution in [0.4, 0.5) is 0 Å². The standard InChI is InChI=1S/C52H39N3S2/c1-51(2)25-26-52(3,4)40-29-42-38(28-39(40)51)46-34-12-6-5-11-30(34)19-23-41(46)55(42)33-21-17-31(18-22-33)50-53-47(49-48(54-50)36-14-8-10-16-44(36)57-49)32-20-24-45-37(27-32)35-13-7-9-15-43(35)56-45/h5-24,27-29H,25-26H2,1-4H3. The van der Waals surface area contributed by atoms with Gasteiger partial charge >= 0.3 is 0 Å². The Balaban J connectivity index is 1.06. The summed E-state index contributed by atoms with van der Waals surface area (Å²) in [6.45, 7) is 9.70. The minimum Gasteiger partial charge on any atom is -0.309 e. The van der Waals surface area contributed by atoms with Gasteiger partial charge in [-0.25, -0.2) is 9.97 Å². The Hall–Kier alpha value is -5.88. The Morgan fingerprint density at radius 2 is 1.16 bits per heavy atom. The number of nitrogens with zero attached hydrogens (tertiary/aromatic N) is 3. The van der Waals surface area contributed by atoms with Gasteiger partial charge in [-0.1, -0.05) is 100 Å². The van der Waals surface area contributed by atoms with Crippen LogP contribution in [0.1, 0.15) is 51.7 Å². The molecule has 0 aliphatic heterocycles. The van der Waals surface area contributed by atoms with Crippen molar-refractivity contribution in [3.8, 4) is 28.3 Å². The lowest BCUT2D eigenvalue weighted by molar-refractivity contribution is 0.332. The second-order valence-electron chi connectivity index (χ2n) is 17.2. The van der Waals surface area contributed by atoms with E-state index in [0.29, 0.717) is 0 Å². The summed E-state index contributed by atoms with van der Waals surface area (Å²) in [5, 5.41) is 8.97. The summed E-state index contributed by atoms with van der Waals surface area (Å²) in [5.41, 5.74) is 11.0. The van der Waals surface area contributed by atoms with E-state index >= 15 is 0 Å². The molecular weight excluding hydrogens is 731 g/mol. The van der Waals surface area contributed by atoms with Gasteiger partial charge in [-0.2, -0.15) is 0 Å². The Bertz CT molecular complexity index is 3470. The maximum absolute atomic E-state index is 5.41. The second-order valence-corrected chi connectivity index (χ2v) is 19.4. The SMILES string of the molecule is CC1(C)CCC(C)(C)c2cc3c(cc21)c1c2ccccc2ccc1n3-c1ccc(-c2nc(-c3ccc4sc5ccccc5c4c3)c3sc4ccccc4c3n2)cc1. The van der Waals surface area contributed by atoms with Crippen LogP contribution in [0.25, 0.3) is 101 Å². The van der Waals surface area contributed by atoms with E-state index in [9.17, 15) is 0 Å². The lowest BCUT2D eigenvalue weighted by Crippen LogP contribution is -2.33. The Kier molecular flexibility index (Phi) is 6.90. The van der Waals surface area contributed by atoms with Crippen LogP contribution in [0, 0.1) is 0 Å². The molecule has 12 rings (SSSR count). The normalized spacial score (nSPS) is 15.2. The van der Waals surface area contributed by atoms with E-state index in [-0.39, 0.29) is 10.8 Å². The lowest BCUT2D eigenvalue weighted by Gasteiger charge is -2.42. The Morgan fingerprint density at radius 3 is 1.95 bits per heavy atom. The van der Waals surface area contributed by atoms with Crippen molar-refractivity contribution in [1.82, 2.24) is 14.5 Å². The van der Waals surface area contributed by atoms with E-state index < -0.39 is 0 Å². The molecule has 11 aromatic rings. The molecule has 1 aliphatic rings. The van der Waals surface area contributed by atoms with Crippen molar-refractivity contribution in [3.63, 3.8) is 0 Å². The van der Waals surface area contributed by atoms with Gasteiger partial charge in [0, 0.05) is 57.8 Å². The molecular formula is C52H39N3S2. The minimum atomic E-state index is 0.104. The van der Waals surface area contributed by atoms with Gasteiger partial charge in [0.2, 0.25) is 0 Å². The van der Waals surface area contributed by atoms with Gasteiger partial charge in [0.1, 0.15) is 0 Å². The molecule has 0 atom stereocenters. The van der Waals surface area contributed by atoms with Crippen molar-refractivity contribution in [2.24, 2.45) is 0 Å². The van der Waals surface area contributed by atoms with E-state index in [1.807, 2.05) is 11.3 Å². The highest BCUT2D eigenvalue weighted by atomic mass is 32.1. The van der Waals surface area contributed by atoms with Crippen LogP contribution in [0.3, 0.4) is 0 Å². The summed E-state index contributed by atoms with van der Waals surface area (Å²) in [5.74, 6) is 0.745. The van der Waals surface area contributed by atoms with Gasteiger partial charge in [-0.05, 0) is 112 Å². The molecule has 5 heteroatoms. The highest BCUT2D eigenvalue weighted by Crippen LogP contribution is 2.49.